The molecular formula is C24H20Cl2N4O4. The van der Waals surface area contributed by atoms with Crippen LogP contribution in [0.25, 0.3) is 11.3 Å². The molecule has 174 valence electrons. The lowest BCUT2D eigenvalue weighted by molar-refractivity contribution is -0.189. The smallest absolute Gasteiger partial charge is 0.345 e. The highest BCUT2D eigenvalue weighted by Crippen LogP contribution is 2.40. The molecule has 2 aromatic heterocycles. The van der Waals surface area contributed by atoms with E-state index in [9.17, 15) is 4.79 Å². The molecule has 0 spiro atoms. The van der Waals surface area contributed by atoms with Gasteiger partial charge in [-0.1, -0.05) is 29.3 Å². The van der Waals surface area contributed by atoms with Crippen LogP contribution in [0, 0.1) is 0 Å². The molecule has 2 unspecified atom stereocenters. The fourth-order valence-electron chi connectivity index (χ4n) is 3.83. The van der Waals surface area contributed by atoms with E-state index >= 15 is 0 Å². The van der Waals surface area contributed by atoms with Crippen molar-refractivity contribution in [3.63, 3.8) is 0 Å². The van der Waals surface area contributed by atoms with E-state index in [1.807, 2.05) is 41.1 Å². The number of hydrogen-bond acceptors (Lipinski definition) is 6. The maximum Gasteiger partial charge on any atom is 0.345 e. The summed E-state index contributed by atoms with van der Waals surface area (Å²) in [6.45, 7) is 0.968. The van der Waals surface area contributed by atoms with Crippen LogP contribution in [0.15, 0.2) is 78.2 Å². The number of H-pyrrole nitrogens is 1. The maximum atomic E-state index is 11.4. The fraction of sp³-hybridized carbons (Fsp3) is 0.208. The number of benzene rings is 2. The number of nitrogens with zero attached hydrogens (tertiary/aromatic N) is 3. The summed E-state index contributed by atoms with van der Waals surface area (Å²) >= 11 is 12.6. The summed E-state index contributed by atoms with van der Waals surface area (Å²) < 4.78 is 20.4. The fourth-order valence-corrected chi connectivity index (χ4v) is 4.38. The molecular weight excluding hydrogens is 479 g/mol. The lowest BCUT2D eigenvalue weighted by Gasteiger charge is -2.30. The Hall–Kier alpha value is -3.17. The second-order valence-electron chi connectivity index (χ2n) is 7.79. The number of halogens is 2. The van der Waals surface area contributed by atoms with Crippen molar-refractivity contribution in [3.8, 4) is 17.0 Å². The van der Waals surface area contributed by atoms with Crippen LogP contribution in [-0.4, -0.2) is 38.8 Å². The second-order valence-corrected chi connectivity index (χ2v) is 8.63. The Labute approximate surface area is 205 Å². The standard InChI is InChI=1S/C24H20Cl2N4O4/c25-17-3-6-20(21(26)11-17)24(14-30-10-9-27-15-30)33-13-19(34-24)12-32-18-4-1-16(2-5-18)22-7-8-28-23(31)29-22/h1-11,15,19H,12-14H2,(H,28,29,31). The van der Waals surface area contributed by atoms with Crippen LogP contribution in [0.2, 0.25) is 10.0 Å². The number of ether oxygens (including phenoxy) is 3. The third kappa shape index (κ3) is 4.85. The summed E-state index contributed by atoms with van der Waals surface area (Å²) in [4.78, 5) is 21.9. The molecule has 8 nitrogen and oxygen atoms in total. The number of nitrogens with one attached hydrogen (secondary N) is 1. The van der Waals surface area contributed by atoms with Crippen LogP contribution in [0.4, 0.5) is 0 Å². The van der Waals surface area contributed by atoms with Gasteiger partial charge in [0, 0.05) is 29.2 Å². The Bertz CT molecular complexity index is 1330. The predicted octanol–water partition coefficient (Wildman–Crippen LogP) is 4.29. The van der Waals surface area contributed by atoms with Crippen molar-refractivity contribution in [2.45, 2.75) is 18.4 Å². The summed E-state index contributed by atoms with van der Waals surface area (Å²) in [5.74, 6) is -0.437. The normalized spacial score (nSPS) is 19.9. The van der Waals surface area contributed by atoms with E-state index < -0.39 is 11.5 Å². The first-order valence-corrected chi connectivity index (χ1v) is 11.3. The van der Waals surface area contributed by atoms with Gasteiger partial charge in [0.15, 0.2) is 0 Å². The molecule has 0 amide bonds. The second kappa shape index (κ2) is 9.60. The van der Waals surface area contributed by atoms with Crippen LogP contribution in [0.1, 0.15) is 5.56 Å². The largest absolute Gasteiger partial charge is 0.491 e. The molecule has 34 heavy (non-hydrogen) atoms. The Balaban J connectivity index is 1.29. The van der Waals surface area contributed by atoms with Crippen molar-refractivity contribution in [2.75, 3.05) is 13.2 Å². The summed E-state index contributed by atoms with van der Waals surface area (Å²) in [5, 5.41) is 0.989. The molecule has 0 radical (unpaired) electrons. The first-order chi connectivity index (χ1) is 16.5. The van der Waals surface area contributed by atoms with Crippen molar-refractivity contribution in [1.29, 1.82) is 0 Å². The van der Waals surface area contributed by atoms with Gasteiger partial charge in [-0.2, -0.15) is 0 Å². The first-order valence-electron chi connectivity index (χ1n) is 10.5. The highest BCUT2D eigenvalue weighted by molar-refractivity contribution is 6.35. The van der Waals surface area contributed by atoms with Gasteiger partial charge in [0.25, 0.3) is 0 Å². The SMILES string of the molecule is O=c1nccc(-c2ccc(OCC3COC(Cn4ccnc4)(c4ccc(Cl)cc4Cl)O3)cc2)[nH]1. The molecule has 1 aliphatic heterocycles. The minimum atomic E-state index is -1.10. The van der Waals surface area contributed by atoms with Crippen LogP contribution in [0.3, 0.4) is 0 Å². The van der Waals surface area contributed by atoms with Gasteiger partial charge in [-0.25, -0.2) is 14.8 Å². The van der Waals surface area contributed by atoms with Crippen molar-refractivity contribution in [3.05, 3.63) is 99.5 Å². The molecule has 0 bridgehead atoms. The summed E-state index contributed by atoms with van der Waals surface area (Å²) in [6, 6.07) is 14.4. The highest BCUT2D eigenvalue weighted by atomic mass is 35.5. The summed E-state index contributed by atoms with van der Waals surface area (Å²) in [6.07, 6.45) is 6.36. The molecule has 0 saturated carbocycles. The molecule has 1 fully saturated rings. The molecule has 1 N–H and O–H groups in total. The topological polar surface area (TPSA) is 91.3 Å². The van der Waals surface area contributed by atoms with Crippen LogP contribution in [-0.2, 0) is 21.8 Å². The Morgan fingerprint density at radius 1 is 1.15 bits per heavy atom. The van der Waals surface area contributed by atoms with E-state index in [0.717, 1.165) is 5.56 Å². The zero-order valence-electron chi connectivity index (χ0n) is 17.9. The van der Waals surface area contributed by atoms with Gasteiger partial charge in [0.05, 0.1) is 30.2 Å². The van der Waals surface area contributed by atoms with Crippen LogP contribution < -0.4 is 10.4 Å². The molecule has 2 atom stereocenters. The minimum Gasteiger partial charge on any atom is -0.491 e. The minimum absolute atomic E-state index is 0.280. The van der Waals surface area contributed by atoms with Crippen molar-refractivity contribution >= 4 is 23.2 Å². The summed E-state index contributed by atoms with van der Waals surface area (Å²) in [7, 11) is 0. The van der Waals surface area contributed by atoms with Gasteiger partial charge in [-0.05, 0) is 48.0 Å². The summed E-state index contributed by atoms with van der Waals surface area (Å²) in [5.41, 5.74) is 1.83. The van der Waals surface area contributed by atoms with E-state index in [2.05, 4.69) is 15.0 Å². The van der Waals surface area contributed by atoms with E-state index in [4.69, 9.17) is 37.4 Å². The lowest BCUT2D eigenvalue weighted by atomic mass is 10.1. The van der Waals surface area contributed by atoms with Gasteiger partial charge >= 0.3 is 5.69 Å². The predicted molar refractivity (Wildman–Crippen MR) is 127 cm³/mol. The zero-order valence-corrected chi connectivity index (χ0v) is 19.4. The van der Waals surface area contributed by atoms with Gasteiger partial charge < -0.3 is 23.8 Å². The Morgan fingerprint density at radius 3 is 2.74 bits per heavy atom. The number of aromatic amines is 1. The first kappa shape index (κ1) is 22.6. The number of aromatic nitrogens is 4. The van der Waals surface area contributed by atoms with Gasteiger partial charge in [0.1, 0.15) is 18.5 Å². The van der Waals surface area contributed by atoms with Crippen LogP contribution in [0.5, 0.6) is 5.75 Å². The molecule has 10 heteroatoms. The third-order valence-electron chi connectivity index (χ3n) is 5.43. The number of imidazole rings is 1. The van der Waals surface area contributed by atoms with Gasteiger partial charge in [-0.15, -0.1) is 0 Å². The Morgan fingerprint density at radius 2 is 2.00 bits per heavy atom. The molecule has 4 aromatic rings. The average molecular weight is 499 g/mol. The Kier molecular flexibility index (Phi) is 6.38. The van der Waals surface area contributed by atoms with Crippen LogP contribution >= 0.6 is 23.2 Å². The van der Waals surface area contributed by atoms with Gasteiger partial charge in [0.2, 0.25) is 5.79 Å². The van der Waals surface area contributed by atoms with E-state index in [1.165, 1.54) is 6.20 Å². The quantitative estimate of drug-likeness (QED) is 0.408. The number of rotatable bonds is 7. The zero-order chi connectivity index (χ0) is 23.5. The average Bonchev–Trinajstić information content (AvgIpc) is 3.49. The van der Waals surface area contributed by atoms with Gasteiger partial charge in [-0.3, -0.25) is 0 Å². The van der Waals surface area contributed by atoms with Crippen molar-refractivity contribution < 1.29 is 14.2 Å². The molecule has 2 aromatic carbocycles. The highest BCUT2D eigenvalue weighted by Gasteiger charge is 2.45. The third-order valence-corrected chi connectivity index (χ3v) is 5.97. The molecule has 1 aliphatic rings. The lowest BCUT2D eigenvalue weighted by Crippen LogP contribution is -2.34. The molecule has 5 rings (SSSR count). The molecule has 0 aliphatic carbocycles. The molecule has 3 heterocycles. The van der Waals surface area contributed by atoms with Crippen molar-refractivity contribution in [2.24, 2.45) is 0 Å². The maximum absolute atomic E-state index is 11.4. The monoisotopic (exact) mass is 498 g/mol. The van der Waals surface area contributed by atoms with E-state index in [0.29, 0.717) is 40.2 Å². The molecule has 1 saturated heterocycles. The van der Waals surface area contributed by atoms with E-state index in [-0.39, 0.29) is 12.7 Å². The van der Waals surface area contributed by atoms with E-state index in [1.54, 1.807) is 30.7 Å². The van der Waals surface area contributed by atoms with Crippen molar-refractivity contribution in [1.82, 2.24) is 19.5 Å². The number of hydrogen-bond donors (Lipinski definition) is 1.